The van der Waals surface area contributed by atoms with E-state index in [1.165, 1.54) is 0 Å². The predicted octanol–water partition coefficient (Wildman–Crippen LogP) is -1.33. The number of carbonyl (C=O) groups excluding carboxylic acids is 2. The van der Waals surface area contributed by atoms with Crippen LogP contribution >= 0.6 is 0 Å². The van der Waals surface area contributed by atoms with Gasteiger partial charge in [0.25, 0.3) is 0 Å². The first-order chi connectivity index (χ1) is 6.24. The fourth-order valence-electron chi connectivity index (χ4n) is 0.907. The molecule has 5 N–H and O–H groups in total. The third-order valence-corrected chi connectivity index (χ3v) is 1.61. The lowest BCUT2D eigenvalue weighted by molar-refractivity contribution is -0.120. The van der Waals surface area contributed by atoms with Crippen LogP contribution < -0.4 is 16.8 Å². The molecule has 0 saturated heterocycles. The number of hydrogen-bond acceptors (Lipinski definition) is 4. The minimum absolute atomic E-state index is 0.102. The van der Waals surface area contributed by atoms with Crippen LogP contribution in [0, 0.1) is 0 Å². The second-order valence-corrected chi connectivity index (χ2v) is 2.73. The monoisotopic (exact) mass is 186 g/mol. The largest absolute Gasteiger partial charge is 0.345 e. The quantitative estimate of drug-likeness (QED) is 0.429. The van der Waals surface area contributed by atoms with Gasteiger partial charge in [0.2, 0.25) is 12.2 Å². The molecule has 13 heavy (non-hydrogen) atoms. The molecule has 1 unspecified atom stereocenters. The smallest absolute Gasteiger partial charge is 0.234 e. The molecule has 0 aliphatic carbocycles. The number of nitrogens with two attached hydrogens (primary N) is 2. The minimum atomic E-state index is -0.539. The zero-order valence-electron chi connectivity index (χ0n) is 7.58. The predicted molar refractivity (Wildman–Crippen MR) is 49.6 cm³/mol. The molecule has 0 aromatic carbocycles. The first-order valence-electron chi connectivity index (χ1n) is 4.31. The maximum atomic E-state index is 10.8. The molecule has 0 aliphatic rings. The molecule has 0 aromatic heterocycles. The van der Waals surface area contributed by atoms with Gasteiger partial charge in [-0.3, -0.25) is 9.59 Å². The molecule has 75 valence electrons. The molecule has 1 atom stereocenters. The second-order valence-electron chi connectivity index (χ2n) is 2.73. The highest BCUT2D eigenvalue weighted by Crippen LogP contribution is 1.97. The Balaban J connectivity index is 3.62. The van der Waals surface area contributed by atoms with Gasteiger partial charge in [-0.2, -0.15) is 0 Å². The molecule has 0 rings (SSSR count). The summed E-state index contributed by atoms with van der Waals surface area (Å²) in [5, 5.41) is 2.45. The van der Waals surface area contributed by atoms with Gasteiger partial charge in [0, 0.05) is 0 Å². The van der Waals surface area contributed by atoms with Crippen LogP contribution in [0.25, 0.3) is 0 Å². The summed E-state index contributed by atoms with van der Waals surface area (Å²) in [6, 6.07) is -0.539. The van der Waals surface area contributed by atoms with Crippen molar-refractivity contribution in [2.24, 2.45) is 11.5 Å². The van der Waals surface area contributed by atoms with Crippen molar-refractivity contribution in [3.8, 4) is 0 Å². The molecule has 0 aromatic rings. The van der Waals surface area contributed by atoms with Gasteiger partial charge in [-0.15, -0.1) is 0 Å². The van der Waals surface area contributed by atoms with Gasteiger partial charge in [-0.1, -0.05) is 0 Å². The van der Waals surface area contributed by atoms with Gasteiger partial charge in [0.05, 0.1) is 12.6 Å². The third-order valence-electron chi connectivity index (χ3n) is 1.61. The van der Waals surface area contributed by atoms with Crippen LogP contribution in [0.2, 0.25) is 0 Å². The van der Waals surface area contributed by atoms with E-state index in [-0.39, 0.29) is 12.5 Å². The molecular formula is C8H16N3O2. The fourth-order valence-corrected chi connectivity index (χ4v) is 0.907. The summed E-state index contributed by atoms with van der Waals surface area (Å²) >= 11 is 0. The average Bonchev–Trinajstić information content (AvgIpc) is 2.16. The molecule has 0 bridgehead atoms. The Morgan fingerprint density at radius 2 is 2.08 bits per heavy atom. The van der Waals surface area contributed by atoms with Crippen LogP contribution in [0.15, 0.2) is 0 Å². The summed E-state index contributed by atoms with van der Waals surface area (Å²) in [6.45, 7) is 0.492. The van der Waals surface area contributed by atoms with E-state index in [2.05, 4.69) is 5.32 Å². The zero-order valence-corrected chi connectivity index (χ0v) is 7.58. The molecule has 5 nitrogen and oxygen atoms in total. The van der Waals surface area contributed by atoms with Crippen molar-refractivity contribution in [2.75, 3.05) is 13.1 Å². The Morgan fingerprint density at radius 3 is 2.54 bits per heavy atom. The minimum Gasteiger partial charge on any atom is -0.345 e. The van der Waals surface area contributed by atoms with Crippen molar-refractivity contribution < 1.29 is 9.59 Å². The van der Waals surface area contributed by atoms with E-state index in [0.717, 1.165) is 12.8 Å². The first kappa shape index (κ1) is 12.1. The zero-order chi connectivity index (χ0) is 10.1. The average molecular weight is 186 g/mol. The van der Waals surface area contributed by atoms with Crippen molar-refractivity contribution in [1.29, 1.82) is 0 Å². The molecule has 0 spiro atoms. The fraction of sp³-hybridized carbons (Fsp3) is 0.750. The Kier molecular flexibility index (Phi) is 7.14. The van der Waals surface area contributed by atoms with Gasteiger partial charge >= 0.3 is 0 Å². The van der Waals surface area contributed by atoms with Crippen molar-refractivity contribution in [1.82, 2.24) is 5.32 Å². The molecule has 0 saturated carbocycles. The summed E-state index contributed by atoms with van der Waals surface area (Å²) in [5.41, 5.74) is 10.3. The Hall–Kier alpha value is -0.940. The summed E-state index contributed by atoms with van der Waals surface area (Å²) in [4.78, 5) is 21.1. The number of rotatable bonds is 7. The van der Waals surface area contributed by atoms with Crippen LogP contribution in [0.5, 0.6) is 0 Å². The summed E-state index contributed by atoms with van der Waals surface area (Å²) in [7, 11) is 0. The van der Waals surface area contributed by atoms with Crippen molar-refractivity contribution in [3.05, 3.63) is 0 Å². The topological polar surface area (TPSA) is 98.2 Å². The molecule has 0 aliphatic heterocycles. The lowest BCUT2D eigenvalue weighted by Gasteiger charge is -2.10. The Labute approximate surface area is 77.8 Å². The maximum absolute atomic E-state index is 10.8. The Morgan fingerprint density at radius 1 is 1.38 bits per heavy atom. The van der Waals surface area contributed by atoms with Crippen molar-refractivity contribution >= 4 is 12.2 Å². The number of nitrogens with one attached hydrogen (secondary N) is 1. The van der Waals surface area contributed by atoms with E-state index in [1.807, 2.05) is 0 Å². The van der Waals surface area contributed by atoms with Crippen LogP contribution in [0.1, 0.15) is 19.3 Å². The summed E-state index contributed by atoms with van der Waals surface area (Å²) in [5.74, 6) is -0.332. The van der Waals surface area contributed by atoms with Crippen LogP contribution in [-0.2, 0) is 9.59 Å². The molecular weight excluding hydrogens is 170 g/mol. The highest BCUT2D eigenvalue weighted by Gasteiger charge is 2.09. The van der Waals surface area contributed by atoms with E-state index >= 15 is 0 Å². The number of carbonyl (C=O) groups is 1. The molecule has 0 fully saturated rings. The second kappa shape index (κ2) is 7.70. The van der Waals surface area contributed by atoms with Crippen molar-refractivity contribution in [2.45, 2.75) is 25.3 Å². The number of hydrogen-bond donors (Lipinski definition) is 3. The van der Waals surface area contributed by atoms with E-state index in [0.29, 0.717) is 13.0 Å². The molecule has 5 heteroatoms. The van der Waals surface area contributed by atoms with E-state index in [9.17, 15) is 9.59 Å². The lowest BCUT2D eigenvalue weighted by Crippen LogP contribution is -2.39. The number of amides is 1. The third kappa shape index (κ3) is 6.24. The van der Waals surface area contributed by atoms with E-state index in [1.54, 1.807) is 6.29 Å². The van der Waals surface area contributed by atoms with Crippen molar-refractivity contribution in [3.63, 3.8) is 0 Å². The summed E-state index contributed by atoms with van der Waals surface area (Å²) in [6.07, 6.45) is 3.97. The van der Waals surface area contributed by atoms with E-state index in [4.69, 9.17) is 11.5 Å². The molecule has 1 radical (unpaired) electrons. The van der Waals surface area contributed by atoms with Crippen LogP contribution in [-0.4, -0.2) is 31.3 Å². The number of unbranched alkanes of at least 4 members (excludes halogenated alkanes) is 1. The SMILES string of the molecule is NCCCCC([C]=O)NC(=O)CN. The van der Waals surface area contributed by atoms with Gasteiger partial charge in [0.1, 0.15) is 0 Å². The highest BCUT2D eigenvalue weighted by molar-refractivity contribution is 5.81. The normalized spacial score (nSPS) is 12.2. The molecule has 0 heterocycles. The maximum Gasteiger partial charge on any atom is 0.234 e. The van der Waals surface area contributed by atoms with Gasteiger partial charge in [0.15, 0.2) is 0 Å². The first-order valence-corrected chi connectivity index (χ1v) is 4.31. The standard InChI is InChI=1S/C8H16N3O2/c9-4-2-1-3-7(6-12)11-8(13)5-10/h7H,1-5,9-10H2,(H,11,13). The molecule has 1 amide bonds. The van der Waals surface area contributed by atoms with Gasteiger partial charge in [-0.05, 0) is 25.8 Å². The van der Waals surface area contributed by atoms with Gasteiger partial charge in [-0.25, -0.2) is 0 Å². The van der Waals surface area contributed by atoms with Gasteiger partial charge < -0.3 is 16.8 Å². The Bertz CT molecular complexity index is 161. The van der Waals surface area contributed by atoms with Crippen LogP contribution in [0.3, 0.4) is 0 Å². The van der Waals surface area contributed by atoms with Crippen LogP contribution in [0.4, 0.5) is 0 Å². The highest BCUT2D eigenvalue weighted by atomic mass is 16.2. The van der Waals surface area contributed by atoms with E-state index < -0.39 is 6.04 Å². The summed E-state index contributed by atoms with van der Waals surface area (Å²) < 4.78 is 0. The lowest BCUT2D eigenvalue weighted by atomic mass is 10.1.